The van der Waals surface area contributed by atoms with Crippen LogP contribution in [0.15, 0.2) is 36.4 Å². The number of amides is 2. The van der Waals surface area contributed by atoms with Gasteiger partial charge in [0.05, 0.1) is 0 Å². The molecule has 0 atom stereocenters. The van der Waals surface area contributed by atoms with Crippen molar-refractivity contribution in [2.75, 3.05) is 26.2 Å². The first-order chi connectivity index (χ1) is 12.8. The Kier molecular flexibility index (Phi) is 5.58. The summed E-state index contributed by atoms with van der Waals surface area (Å²) in [5, 5.41) is 0. The van der Waals surface area contributed by atoms with Gasteiger partial charge in [-0.05, 0) is 18.4 Å². The molecule has 0 unspecified atom stereocenters. The van der Waals surface area contributed by atoms with Gasteiger partial charge in [-0.15, -0.1) is 0 Å². The molecule has 0 N–H and O–H groups in total. The SMILES string of the molecule is O=C(CC(F)(F)F)N1CCC2(CC1)CC(=O)N(C/C=C/c1ccccc1)C2. The molecule has 2 saturated heterocycles. The van der Waals surface area contributed by atoms with E-state index in [9.17, 15) is 22.8 Å². The van der Waals surface area contributed by atoms with Crippen molar-refractivity contribution in [3.63, 3.8) is 0 Å². The van der Waals surface area contributed by atoms with Crippen LogP contribution in [0, 0.1) is 5.41 Å². The van der Waals surface area contributed by atoms with E-state index in [-0.39, 0.29) is 24.4 Å². The fraction of sp³-hybridized carbons (Fsp3) is 0.500. The first-order valence-corrected chi connectivity index (χ1v) is 9.10. The maximum Gasteiger partial charge on any atom is 0.397 e. The third-order valence-corrected chi connectivity index (χ3v) is 5.37. The van der Waals surface area contributed by atoms with Crippen molar-refractivity contribution in [2.24, 2.45) is 5.41 Å². The second-order valence-corrected chi connectivity index (χ2v) is 7.44. The Morgan fingerprint density at radius 1 is 1.15 bits per heavy atom. The standard InChI is InChI=1S/C20H23F3N2O2/c21-20(22,23)14-18(27)24-11-8-19(9-12-24)13-17(26)25(15-19)10-4-7-16-5-2-1-3-6-16/h1-7H,8-15H2/b7-4+. The molecule has 0 aromatic heterocycles. The number of benzene rings is 1. The van der Waals surface area contributed by atoms with Gasteiger partial charge < -0.3 is 9.80 Å². The van der Waals surface area contributed by atoms with Crippen LogP contribution < -0.4 is 0 Å². The first kappa shape index (κ1) is 19.5. The highest BCUT2D eigenvalue weighted by Crippen LogP contribution is 2.41. The number of carbonyl (C=O) groups excluding carboxylic acids is 2. The number of hydrogen-bond acceptors (Lipinski definition) is 2. The third kappa shape index (κ3) is 5.11. The molecule has 2 aliphatic heterocycles. The normalized spacial score (nSPS) is 20.0. The predicted molar refractivity (Wildman–Crippen MR) is 95.6 cm³/mol. The molecule has 4 nitrogen and oxygen atoms in total. The van der Waals surface area contributed by atoms with Gasteiger partial charge in [-0.2, -0.15) is 13.2 Å². The molecule has 7 heteroatoms. The smallest absolute Gasteiger partial charge is 0.342 e. The van der Waals surface area contributed by atoms with Gasteiger partial charge in [-0.25, -0.2) is 0 Å². The van der Waals surface area contributed by atoms with E-state index in [2.05, 4.69) is 0 Å². The van der Waals surface area contributed by atoms with Gasteiger partial charge in [-0.1, -0.05) is 42.5 Å². The summed E-state index contributed by atoms with van der Waals surface area (Å²) in [5.74, 6) is -0.799. The summed E-state index contributed by atoms with van der Waals surface area (Å²) >= 11 is 0. The van der Waals surface area contributed by atoms with Gasteiger partial charge in [0.15, 0.2) is 0 Å². The lowest BCUT2D eigenvalue weighted by atomic mass is 9.77. The molecule has 0 aliphatic carbocycles. The number of hydrogen-bond donors (Lipinski definition) is 0. The Hall–Kier alpha value is -2.31. The van der Waals surface area contributed by atoms with Crippen LogP contribution in [-0.4, -0.2) is 54.0 Å². The minimum Gasteiger partial charge on any atom is -0.342 e. The van der Waals surface area contributed by atoms with E-state index in [1.54, 1.807) is 4.90 Å². The summed E-state index contributed by atoms with van der Waals surface area (Å²) in [6.07, 6.45) is -0.409. The monoisotopic (exact) mass is 380 g/mol. The van der Waals surface area contributed by atoms with Crippen LogP contribution in [0.2, 0.25) is 0 Å². The summed E-state index contributed by atoms with van der Waals surface area (Å²) in [7, 11) is 0. The Labute approximate surface area is 156 Å². The predicted octanol–water partition coefficient (Wildman–Crippen LogP) is 3.49. The largest absolute Gasteiger partial charge is 0.397 e. The molecule has 146 valence electrons. The van der Waals surface area contributed by atoms with Gasteiger partial charge in [-0.3, -0.25) is 9.59 Å². The molecule has 0 radical (unpaired) electrons. The van der Waals surface area contributed by atoms with Crippen LogP contribution >= 0.6 is 0 Å². The molecule has 1 aromatic rings. The van der Waals surface area contributed by atoms with Gasteiger partial charge in [0.25, 0.3) is 0 Å². The highest BCUT2D eigenvalue weighted by molar-refractivity contribution is 5.80. The quantitative estimate of drug-likeness (QED) is 0.802. The average molecular weight is 380 g/mol. The fourth-order valence-corrected chi connectivity index (χ4v) is 3.88. The zero-order chi connectivity index (χ0) is 19.5. The van der Waals surface area contributed by atoms with Gasteiger partial charge >= 0.3 is 6.18 Å². The second kappa shape index (κ2) is 7.74. The molecule has 3 rings (SSSR count). The number of likely N-dealkylation sites (tertiary alicyclic amines) is 2. The Bertz CT molecular complexity index is 708. The maximum atomic E-state index is 12.4. The Morgan fingerprint density at radius 3 is 2.44 bits per heavy atom. The van der Waals surface area contributed by atoms with Crippen LogP contribution in [0.4, 0.5) is 13.2 Å². The highest BCUT2D eigenvalue weighted by Gasteiger charge is 2.45. The van der Waals surface area contributed by atoms with Crippen LogP contribution in [0.3, 0.4) is 0 Å². The van der Waals surface area contributed by atoms with Crippen molar-refractivity contribution in [3.8, 4) is 0 Å². The van der Waals surface area contributed by atoms with Gasteiger partial charge in [0, 0.05) is 38.0 Å². The number of nitrogens with zero attached hydrogens (tertiary/aromatic N) is 2. The summed E-state index contributed by atoms with van der Waals surface area (Å²) in [4.78, 5) is 27.2. The van der Waals surface area contributed by atoms with Crippen molar-refractivity contribution >= 4 is 17.9 Å². The van der Waals surface area contributed by atoms with Crippen LogP contribution in [0.1, 0.15) is 31.2 Å². The summed E-state index contributed by atoms with van der Waals surface area (Å²) < 4.78 is 37.2. The molecule has 0 saturated carbocycles. The van der Waals surface area contributed by atoms with E-state index in [4.69, 9.17) is 0 Å². The summed E-state index contributed by atoms with van der Waals surface area (Å²) in [6.45, 7) is 1.70. The van der Waals surface area contributed by atoms with Crippen LogP contribution in [0.5, 0.6) is 0 Å². The molecule has 0 bridgehead atoms. The zero-order valence-electron chi connectivity index (χ0n) is 15.0. The van der Waals surface area contributed by atoms with E-state index >= 15 is 0 Å². The number of piperidine rings is 1. The van der Waals surface area contributed by atoms with Crippen molar-refractivity contribution < 1.29 is 22.8 Å². The molecular weight excluding hydrogens is 357 g/mol. The van der Waals surface area contributed by atoms with E-state index < -0.39 is 18.5 Å². The number of rotatable bonds is 4. The Morgan fingerprint density at radius 2 is 1.81 bits per heavy atom. The third-order valence-electron chi connectivity index (χ3n) is 5.37. The average Bonchev–Trinajstić information content (AvgIpc) is 2.90. The molecule has 2 amide bonds. The van der Waals surface area contributed by atoms with Gasteiger partial charge in [0.1, 0.15) is 6.42 Å². The minimum atomic E-state index is -4.47. The molecule has 2 heterocycles. The van der Waals surface area contributed by atoms with E-state index in [1.165, 1.54) is 4.90 Å². The number of halogens is 3. The molecular formula is C20H23F3N2O2. The number of carbonyl (C=O) groups is 2. The second-order valence-electron chi connectivity index (χ2n) is 7.44. The van der Waals surface area contributed by atoms with Crippen molar-refractivity contribution in [1.82, 2.24) is 9.80 Å². The van der Waals surface area contributed by atoms with Crippen molar-refractivity contribution in [1.29, 1.82) is 0 Å². The number of alkyl halides is 3. The molecule has 2 aliphatic rings. The van der Waals surface area contributed by atoms with Gasteiger partial charge in [0.2, 0.25) is 11.8 Å². The topological polar surface area (TPSA) is 40.6 Å². The molecule has 27 heavy (non-hydrogen) atoms. The lowest BCUT2D eigenvalue weighted by Gasteiger charge is -2.38. The van der Waals surface area contributed by atoms with Crippen molar-refractivity contribution in [2.45, 2.75) is 31.9 Å². The minimum absolute atomic E-state index is 0.0720. The Balaban J connectivity index is 1.52. The molecule has 2 fully saturated rings. The first-order valence-electron chi connectivity index (χ1n) is 9.10. The lowest BCUT2D eigenvalue weighted by molar-refractivity contribution is -0.162. The van der Waals surface area contributed by atoms with E-state index in [0.29, 0.717) is 32.4 Å². The lowest BCUT2D eigenvalue weighted by Crippen LogP contribution is -2.45. The molecule has 1 spiro atoms. The summed E-state index contributed by atoms with van der Waals surface area (Å²) in [6, 6.07) is 9.80. The van der Waals surface area contributed by atoms with E-state index in [0.717, 1.165) is 5.56 Å². The fourth-order valence-electron chi connectivity index (χ4n) is 3.88. The van der Waals surface area contributed by atoms with Crippen LogP contribution in [0.25, 0.3) is 6.08 Å². The van der Waals surface area contributed by atoms with Crippen LogP contribution in [-0.2, 0) is 9.59 Å². The van der Waals surface area contributed by atoms with E-state index in [1.807, 2.05) is 42.5 Å². The van der Waals surface area contributed by atoms with Crippen molar-refractivity contribution in [3.05, 3.63) is 42.0 Å². The zero-order valence-corrected chi connectivity index (χ0v) is 15.0. The summed E-state index contributed by atoms with van der Waals surface area (Å²) in [5.41, 5.74) is 0.850. The highest BCUT2D eigenvalue weighted by atomic mass is 19.4. The molecule has 1 aromatic carbocycles. The maximum absolute atomic E-state index is 12.4.